The van der Waals surface area contributed by atoms with Crippen LogP contribution in [0.4, 0.5) is 0 Å². The SMILES string of the molecule is CN(C)C(=O)CN=C(NCCc1cccs1)NC[C@H]1CCCN1S(C)(=O)=O.I. The van der Waals surface area contributed by atoms with Crippen molar-refractivity contribution in [1.82, 2.24) is 19.8 Å². The molecule has 0 bridgehead atoms. The van der Waals surface area contributed by atoms with Gasteiger partial charge in [-0.25, -0.2) is 13.4 Å². The van der Waals surface area contributed by atoms with Gasteiger partial charge in [-0.1, -0.05) is 6.07 Å². The van der Waals surface area contributed by atoms with E-state index in [-0.39, 0.29) is 42.5 Å². The Bertz CT molecular complexity index is 738. The summed E-state index contributed by atoms with van der Waals surface area (Å²) in [6, 6.07) is 4.01. The van der Waals surface area contributed by atoms with Crippen LogP contribution < -0.4 is 10.6 Å². The van der Waals surface area contributed by atoms with Crippen LogP contribution in [0, 0.1) is 0 Å². The Hall–Kier alpha value is -0.920. The summed E-state index contributed by atoms with van der Waals surface area (Å²) in [5.74, 6) is 0.440. The van der Waals surface area contributed by atoms with Gasteiger partial charge in [-0.3, -0.25) is 4.79 Å². The number of amides is 1. The van der Waals surface area contributed by atoms with Gasteiger partial charge in [0.15, 0.2) is 5.96 Å². The monoisotopic (exact) mass is 543 g/mol. The minimum atomic E-state index is -3.21. The summed E-state index contributed by atoms with van der Waals surface area (Å²) in [6.07, 6.45) is 3.78. The molecule has 1 atom stereocenters. The number of nitrogens with one attached hydrogen (secondary N) is 2. The first-order valence-electron chi connectivity index (χ1n) is 8.99. The molecule has 1 aromatic rings. The zero-order valence-corrected chi connectivity index (χ0v) is 20.5. The second-order valence-corrected chi connectivity index (χ2v) is 9.73. The van der Waals surface area contributed by atoms with E-state index in [1.807, 2.05) is 11.4 Å². The normalized spacial score (nSPS) is 17.8. The number of thiophene rings is 1. The fourth-order valence-electron chi connectivity index (χ4n) is 2.89. The van der Waals surface area contributed by atoms with Crippen molar-refractivity contribution in [3.63, 3.8) is 0 Å². The van der Waals surface area contributed by atoms with Crippen LogP contribution in [-0.4, -0.2) is 82.1 Å². The van der Waals surface area contributed by atoms with Gasteiger partial charge >= 0.3 is 0 Å². The maximum atomic E-state index is 11.9. The Labute approximate surface area is 188 Å². The number of aliphatic imine (C=N–C) groups is 1. The summed E-state index contributed by atoms with van der Waals surface area (Å²) in [6.45, 7) is 1.75. The highest BCUT2D eigenvalue weighted by Crippen LogP contribution is 2.19. The topological polar surface area (TPSA) is 94.1 Å². The largest absolute Gasteiger partial charge is 0.356 e. The summed E-state index contributed by atoms with van der Waals surface area (Å²) >= 11 is 1.70. The van der Waals surface area contributed by atoms with Crippen LogP contribution in [0.3, 0.4) is 0 Å². The molecule has 160 valence electrons. The molecule has 1 amide bonds. The van der Waals surface area contributed by atoms with Gasteiger partial charge in [0.05, 0.1) is 6.26 Å². The van der Waals surface area contributed by atoms with Crippen LogP contribution in [-0.2, 0) is 21.2 Å². The molecule has 0 saturated carbocycles. The number of carbonyl (C=O) groups excluding carboxylic acids is 1. The molecule has 0 radical (unpaired) electrons. The molecule has 1 aliphatic rings. The van der Waals surface area contributed by atoms with Crippen molar-refractivity contribution in [2.75, 3.05) is 46.5 Å². The quantitative estimate of drug-likeness (QED) is 0.290. The average Bonchev–Trinajstić information content (AvgIpc) is 3.27. The summed E-state index contributed by atoms with van der Waals surface area (Å²) in [5, 5.41) is 8.48. The van der Waals surface area contributed by atoms with Crippen molar-refractivity contribution in [2.45, 2.75) is 25.3 Å². The molecule has 1 fully saturated rings. The number of halogens is 1. The van der Waals surface area contributed by atoms with Gasteiger partial charge in [0.2, 0.25) is 15.9 Å². The molecule has 2 heterocycles. The van der Waals surface area contributed by atoms with Crippen molar-refractivity contribution in [3.8, 4) is 0 Å². The molecule has 8 nitrogen and oxygen atoms in total. The van der Waals surface area contributed by atoms with Gasteiger partial charge in [0.1, 0.15) is 6.54 Å². The van der Waals surface area contributed by atoms with Crippen LogP contribution in [0.2, 0.25) is 0 Å². The van der Waals surface area contributed by atoms with Crippen molar-refractivity contribution in [3.05, 3.63) is 22.4 Å². The van der Waals surface area contributed by atoms with E-state index in [0.717, 1.165) is 19.3 Å². The molecule has 1 saturated heterocycles. The predicted molar refractivity (Wildman–Crippen MR) is 125 cm³/mol. The zero-order valence-electron chi connectivity index (χ0n) is 16.6. The first-order chi connectivity index (χ1) is 12.8. The van der Waals surface area contributed by atoms with Gasteiger partial charge in [0.25, 0.3) is 0 Å². The van der Waals surface area contributed by atoms with Crippen molar-refractivity contribution >= 4 is 57.2 Å². The average molecular weight is 543 g/mol. The van der Waals surface area contributed by atoms with E-state index < -0.39 is 10.0 Å². The molecule has 2 rings (SSSR count). The van der Waals surface area contributed by atoms with E-state index >= 15 is 0 Å². The van der Waals surface area contributed by atoms with E-state index in [4.69, 9.17) is 0 Å². The highest BCUT2D eigenvalue weighted by molar-refractivity contribution is 14.0. The minimum Gasteiger partial charge on any atom is -0.356 e. The highest BCUT2D eigenvalue weighted by Gasteiger charge is 2.31. The lowest BCUT2D eigenvalue weighted by Gasteiger charge is -2.23. The summed E-state index contributed by atoms with van der Waals surface area (Å²) < 4.78 is 25.3. The van der Waals surface area contributed by atoms with Crippen LogP contribution in [0.5, 0.6) is 0 Å². The van der Waals surface area contributed by atoms with E-state index in [9.17, 15) is 13.2 Å². The van der Waals surface area contributed by atoms with Crippen LogP contribution >= 0.6 is 35.3 Å². The number of hydrogen-bond acceptors (Lipinski definition) is 5. The number of nitrogens with zero attached hydrogens (tertiary/aromatic N) is 3. The van der Waals surface area contributed by atoms with Crippen molar-refractivity contribution in [1.29, 1.82) is 0 Å². The number of sulfonamides is 1. The van der Waals surface area contributed by atoms with E-state index in [1.54, 1.807) is 25.4 Å². The maximum absolute atomic E-state index is 11.9. The number of likely N-dealkylation sites (N-methyl/N-ethyl adjacent to an activating group) is 1. The number of guanidine groups is 1. The molecular weight excluding hydrogens is 513 g/mol. The lowest BCUT2D eigenvalue weighted by molar-refractivity contribution is -0.127. The number of rotatable bonds is 8. The highest BCUT2D eigenvalue weighted by atomic mass is 127. The van der Waals surface area contributed by atoms with Crippen LogP contribution in [0.15, 0.2) is 22.5 Å². The zero-order chi connectivity index (χ0) is 19.9. The van der Waals surface area contributed by atoms with Crippen LogP contribution in [0.25, 0.3) is 0 Å². The molecule has 11 heteroatoms. The summed E-state index contributed by atoms with van der Waals surface area (Å²) in [4.78, 5) is 18.9. The molecule has 28 heavy (non-hydrogen) atoms. The Morgan fingerprint density at radius 1 is 1.39 bits per heavy atom. The lowest BCUT2D eigenvalue weighted by atomic mass is 10.2. The Balaban J connectivity index is 0.00000392. The lowest BCUT2D eigenvalue weighted by Crippen LogP contribution is -2.47. The third kappa shape index (κ3) is 8.21. The molecule has 2 N–H and O–H groups in total. The first kappa shape index (κ1) is 25.1. The smallest absolute Gasteiger partial charge is 0.243 e. The molecule has 0 aromatic carbocycles. The van der Waals surface area contributed by atoms with E-state index in [1.165, 1.54) is 20.3 Å². The maximum Gasteiger partial charge on any atom is 0.243 e. The van der Waals surface area contributed by atoms with Gasteiger partial charge in [-0.05, 0) is 30.7 Å². The number of carbonyl (C=O) groups is 1. The third-order valence-electron chi connectivity index (χ3n) is 4.37. The predicted octanol–water partition coefficient (Wildman–Crippen LogP) is 0.956. The van der Waals surface area contributed by atoms with Gasteiger partial charge in [-0.2, -0.15) is 4.31 Å². The molecule has 0 aliphatic carbocycles. The standard InChI is InChI=1S/C17H29N5O3S2.HI/c1-21(2)16(23)13-20-17(18-9-8-15-7-5-11-26-15)19-12-14-6-4-10-22(14)27(3,24)25;/h5,7,11,14H,4,6,8-10,12-13H2,1-3H3,(H2,18,19,20);1H/t14-;/m1./s1. The Morgan fingerprint density at radius 3 is 2.75 bits per heavy atom. The summed E-state index contributed by atoms with van der Waals surface area (Å²) in [7, 11) is 0.175. The summed E-state index contributed by atoms with van der Waals surface area (Å²) in [5.41, 5.74) is 0. The van der Waals surface area contributed by atoms with Gasteiger partial charge in [0, 0.05) is 44.6 Å². The van der Waals surface area contributed by atoms with Crippen molar-refractivity contribution in [2.24, 2.45) is 4.99 Å². The fraction of sp³-hybridized carbons (Fsp3) is 0.647. The Morgan fingerprint density at radius 2 is 2.14 bits per heavy atom. The molecule has 0 unspecified atom stereocenters. The minimum absolute atomic E-state index is 0. The van der Waals surface area contributed by atoms with E-state index in [0.29, 0.717) is 25.6 Å². The molecule has 1 aliphatic heterocycles. The van der Waals surface area contributed by atoms with Gasteiger partial charge < -0.3 is 15.5 Å². The number of hydrogen-bond donors (Lipinski definition) is 2. The second kappa shape index (κ2) is 11.9. The molecule has 0 spiro atoms. The second-order valence-electron chi connectivity index (χ2n) is 6.76. The van der Waals surface area contributed by atoms with E-state index in [2.05, 4.69) is 21.7 Å². The van der Waals surface area contributed by atoms with Crippen LogP contribution in [0.1, 0.15) is 17.7 Å². The van der Waals surface area contributed by atoms with Crippen molar-refractivity contribution < 1.29 is 13.2 Å². The Kier molecular flexibility index (Phi) is 10.7. The molecule has 1 aromatic heterocycles. The fourth-order valence-corrected chi connectivity index (χ4v) is 4.78. The first-order valence-corrected chi connectivity index (χ1v) is 11.7. The molecular formula is C17H30IN5O3S2. The van der Waals surface area contributed by atoms with Gasteiger partial charge in [-0.15, -0.1) is 35.3 Å². The third-order valence-corrected chi connectivity index (χ3v) is 6.64.